The highest BCUT2D eigenvalue weighted by Crippen LogP contribution is 2.08. The molecule has 1 atom stereocenters. The third-order valence-electron chi connectivity index (χ3n) is 2.63. The van der Waals surface area contributed by atoms with E-state index in [0.717, 1.165) is 18.8 Å². The first-order valence-electron chi connectivity index (χ1n) is 5.63. The lowest BCUT2D eigenvalue weighted by molar-refractivity contribution is -0.131. The van der Waals surface area contributed by atoms with E-state index in [1.165, 1.54) is 0 Å². The van der Waals surface area contributed by atoms with Crippen LogP contribution in [-0.4, -0.2) is 33.4 Å². The van der Waals surface area contributed by atoms with Crippen molar-refractivity contribution in [3.05, 3.63) is 18.2 Å². The van der Waals surface area contributed by atoms with Crippen LogP contribution in [0.15, 0.2) is 12.5 Å². The average molecular weight is 224 g/mol. The zero-order valence-corrected chi connectivity index (χ0v) is 10.2. The van der Waals surface area contributed by atoms with Gasteiger partial charge in [-0.25, -0.2) is 4.98 Å². The Morgan fingerprint density at radius 3 is 2.69 bits per heavy atom. The second-order valence-electron chi connectivity index (χ2n) is 3.80. The van der Waals surface area contributed by atoms with Gasteiger partial charge in [-0.3, -0.25) is 4.79 Å². The summed E-state index contributed by atoms with van der Waals surface area (Å²) in [7, 11) is 0. The van der Waals surface area contributed by atoms with E-state index in [9.17, 15) is 4.79 Å². The number of hydrogen-bond acceptors (Lipinski definition) is 3. The maximum Gasteiger partial charge on any atom is 0.242 e. The van der Waals surface area contributed by atoms with Crippen LogP contribution in [0.1, 0.15) is 32.5 Å². The van der Waals surface area contributed by atoms with E-state index < -0.39 is 0 Å². The number of aromatic nitrogens is 2. The number of rotatable bonds is 5. The summed E-state index contributed by atoms with van der Waals surface area (Å²) in [6, 6.07) is -0.105. The SMILES string of the molecule is CCN(CC)C(=O)Cn1cncc1C(C)N. The molecule has 1 aromatic rings. The Hall–Kier alpha value is -1.36. The van der Waals surface area contributed by atoms with E-state index in [1.807, 2.05) is 25.3 Å². The standard InChI is InChI=1S/C11H20N4O/c1-4-14(5-2)11(16)7-15-8-13-6-10(15)9(3)12/h6,8-9H,4-5,7,12H2,1-3H3. The number of nitrogens with zero attached hydrogens (tertiary/aromatic N) is 3. The van der Waals surface area contributed by atoms with Gasteiger partial charge < -0.3 is 15.2 Å². The van der Waals surface area contributed by atoms with Crippen LogP contribution in [0.2, 0.25) is 0 Å². The van der Waals surface area contributed by atoms with Gasteiger partial charge in [0.15, 0.2) is 0 Å². The van der Waals surface area contributed by atoms with Gasteiger partial charge in [-0.1, -0.05) is 0 Å². The first-order chi connectivity index (χ1) is 7.60. The zero-order chi connectivity index (χ0) is 12.1. The van der Waals surface area contributed by atoms with Crippen LogP contribution in [0.4, 0.5) is 0 Å². The molecule has 5 heteroatoms. The largest absolute Gasteiger partial charge is 0.342 e. The third kappa shape index (κ3) is 2.82. The summed E-state index contributed by atoms with van der Waals surface area (Å²) in [6.07, 6.45) is 3.36. The molecule has 0 aliphatic carbocycles. The quantitative estimate of drug-likeness (QED) is 0.803. The number of carbonyl (C=O) groups excluding carboxylic acids is 1. The molecule has 0 fully saturated rings. The predicted molar refractivity (Wildman–Crippen MR) is 62.8 cm³/mol. The van der Waals surface area contributed by atoms with Crippen molar-refractivity contribution in [2.24, 2.45) is 5.73 Å². The van der Waals surface area contributed by atoms with Crippen LogP contribution in [0.5, 0.6) is 0 Å². The van der Waals surface area contributed by atoms with E-state index in [4.69, 9.17) is 5.73 Å². The van der Waals surface area contributed by atoms with Gasteiger partial charge in [0, 0.05) is 25.3 Å². The molecule has 5 nitrogen and oxygen atoms in total. The molecule has 0 saturated heterocycles. The Bertz CT molecular complexity index is 342. The van der Waals surface area contributed by atoms with Gasteiger partial charge >= 0.3 is 0 Å². The Morgan fingerprint density at radius 2 is 2.19 bits per heavy atom. The predicted octanol–water partition coefficient (Wildman–Crippen LogP) is 0.771. The highest BCUT2D eigenvalue weighted by molar-refractivity contribution is 5.76. The average Bonchev–Trinajstić information content (AvgIpc) is 2.67. The number of likely N-dealkylation sites (N-methyl/N-ethyl adjacent to an activating group) is 1. The van der Waals surface area contributed by atoms with Crippen LogP contribution in [0.25, 0.3) is 0 Å². The lowest BCUT2D eigenvalue weighted by Crippen LogP contribution is -2.34. The molecule has 0 spiro atoms. The summed E-state index contributed by atoms with van der Waals surface area (Å²) in [4.78, 5) is 17.7. The van der Waals surface area contributed by atoms with Crippen molar-refractivity contribution < 1.29 is 4.79 Å². The molecule has 1 unspecified atom stereocenters. The monoisotopic (exact) mass is 224 g/mol. The second kappa shape index (κ2) is 5.65. The smallest absolute Gasteiger partial charge is 0.242 e. The van der Waals surface area contributed by atoms with Crippen LogP contribution >= 0.6 is 0 Å². The van der Waals surface area contributed by atoms with E-state index in [1.54, 1.807) is 17.4 Å². The first-order valence-corrected chi connectivity index (χ1v) is 5.63. The summed E-state index contributed by atoms with van der Waals surface area (Å²) in [5, 5.41) is 0. The molecule has 1 heterocycles. The summed E-state index contributed by atoms with van der Waals surface area (Å²) in [6.45, 7) is 7.62. The molecule has 16 heavy (non-hydrogen) atoms. The molecule has 0 aliphatic rings. The number of amides is 1. The highest BCUT2D eigenvalue weighted by atomic mass is 16.2. The number of carbonyl (C=O) groups is 1. The van der Waals surface area contributed by atoms with Crippen LogP contribution in [0, 0.1) is 0 Å². The Morgan fingerprint density at radius 1 is 1.56 bits per heavy atom. The van der Waals surface area contributed by atoms with E-state index in [2.05, 4.69) is 4.98 Å². The Kier molecular flexibility index (Phi) is 4.49. The van der Waals surface area contributed by atoms with Crippen LogP contribution in [-0.2, 0) is 11.3 Å². The van der Waals surface area contributed by atoms with Crippen LogP contribution in [0.3, 0.4) is 0 Å². The first kappa shape index (κ1) is 12.7. The third-order valence-corrected chi connectivity index (χ3v) is 2.63. The molecule has 0 radical (unpaired) electrons. The fourth-order valence-corrected chi connectivity index (χ4v) is 1.66. The summed E-state index contributed by atoms with van der Waals surface area (Å²) >= 11 is 0. The molecular formula is C11H20N4O. The summed E-state index contributed by atoms with van der Waals surface area (Å²) < 4.78 is 1.81. The molecule has 0 aliphatic heterocycles. The Labute approximate surface area is 96.3 Å². The zero-order valence-electron chi connectivity index (χ0n) is 10.2. The van der Waals surface area contributed by atoms with Gasteiger partial charge in [0.2, 0.25) is 5.91 Å². The van der Waals surface area contributed by atoms with Gasteiger partial charge in [0.05, 0.1) is 12.0 Å². The molecule has 0 aromatic carbocycles. The minimum Gasteiger partial charge on any atom is -0.342 e. The van der Waals surface area contributed by atoms with Crippen LogP contribution < -0.4 is 5.73 Å². The summed E-state index contributed by atoms with van der Waals surface area (Å²) in [5.74, 6) is 0.102. The van der Waals surface area contributed by atoms with Gasteiger partial charge in [-0.05, 0) is 20.8 Å². The normalized spacial score (nSPS) is 12.5. The second-order valence-corrected chi connectivity index (χ2v) is 3.80. The summed E-state index contributed by atoms with van der Waals surface area (Å²) in [5.41, 5.74) is 6.68. The van der Waals surface area contributed by atoms with Crippen molar-refractivity contribution >= 4 is 5.91 Å². The maximum absolute atomic E-state index is 11.9. The molecule has 0 saturated carbocycles. The van der Waals surface area contributed by atoms with Crippen molar-refractivity contribution in [1.82, 2.24) is 14.5 Å². The lowest BCUT2D eigenvalue weighted by atomic mass is 10.2. The fourth-order valence-electron chi connectivity index (χ4n) is 1.66. The molecule has 1 rings (SSSR count). The van der Waals surface area contributed by atoms with Gasteiger partial charge in [0.1, 0.15) is 6.54 Å². The van der Waals surface area contributed by atoms with E-state index in [0.29, 0.717) is 6.54 Å². The fraction of sp³-hybridized carbons (Fsp3) is 0.636. The molecule has 0 bridgehead atoms. The lowest BCUT2D eigenvalue weighted by Gasteiger charge is -2.20. The van der Waals surface area contributed by atoms with Crippen molar-refractivity contribution in [3.63, 3.8) is 0 Å². The van der Waals surface area contributed by atoms with Crippen molar-refractivity contribution in [2.75, 3.05) is 13.1 Å². The van der Waals surface area contributed by atoms with Crippen molar-refractivity contribution in [3.8, 4) is 0 Å². The van der Waals surface area contributed by atoms with Crippen molar-refractivity contribution in [2.45, 2.75) is 33.4 Å². The molecular weight excluding hydrogens is 204 g/mol. The molecule has 90 valence electrons. The number of nitrogens with two attached hydrogens (primary N) is 1. The van der Waals surface area contributed by atoms with E-state index >= 15 is 0 Å². The minimum absolute atomic E-state index is 0.102. The van der Waals surface area contributed by atoms with Gasteiger partial charge in [0.25, 0.3) is 0 Å². The van der Waals surface area contributed by atoms with Gasteiger partial charge in [-0.2, -0.15) is 0 Å². The maximum atomic E-state index is 11.9. The topological polar surface area (TPSA) is 64.2 Å². The Balaban J connectivity index is 2.72. The van der Waals surface area contributed by atoms with E-state index in [-0.39, 0.29) is 11.9 Å². The minimum atomic E-state index is -0.105. The van der Waals surface area contributed by atoms with Crippen molar-refractivity contribution in [1.29, 1.82) is 0 Å². The number of imidazole rings is 1. The number of hydrogen-bond donors (Lipinski definition) is 1. The molecule has 1 amide bonds. The molecule has 1 aromatic heterocycles. The molecule has 2 N–H and O–H groups in total. The van der Waals surface area contributed by atoms with Gasteiger partial charge in [-0.15, -0.1) is 0 Å². The highest BCUT2D eigenvalue weighted by Gasteiger charge is 2.13.